The van der Waals surface area contributed by atoms with Crippen LogP contribution in [0.4, 0.5) is 16.3 Å². The number of anilines is 2. The van der Waals surface area contributed by atoms with Gasteiger partial charge in [0.25, 0.3) is 0 Å². The van der Waals surface area contributed by atoms with Gasteiger partial charge in [0.2, 0.25) is 5.91 Å². The van der Waals surface area contributed by atoms with Crippen LogP contribution in [0.3, 0.4) is 0 Å². The van der Waals surface area contributed by atoms with Crippen LogP contribution in [0.2, 0.25) is 0 Å². The Kier molecular flexibility index (Phi) is 7.25. The van der Waals surface area contributed by atoms with Gasteiger partial charge in [-0.2, -0.15) is 5.10 Å². The van der Waals surface area contributed by atoms with Crippen molar-refractivity contribution in [3.05, 3.63) is 71.4 Å². The number of piperazine rings is 1. The third kappa shape index (κ3) is 6.25. The lowest BCUT2D eigenvalue weighted by atomic mass is 9.92. The standard InChI is InChI=1S/C30H38N6O2/c1-21-5-13-25(14-6-21)36-27(19-26(33-36)30(2,3)4)32-29(38)31-24-11-7-22(8-12-24)20-34-15-17-35(18-16-34)28(37)23-9-10-23/h5-8,11-14,19,23H,9-10,15-18,20H2,1-4H3,(H2,31,32,38). The highest BCUT2D eigenvalue weighted by molar-refractivity contribution is 5.99. The largest absolute Gasteiger partial charge is 0.340 e. The highest BCUT2D eigenvalue weighted by Crippen LogP contribution is 2.31. The van der Waals surface area contributed by atoms with Crippen molar-refractivity contribution in [1.82, 2.24) is 19.6 Å². The molecule has 1 aromatic heterocycles. The minimum absolute atomic E-state index is 0.155. The predicted octanol–water partition coefficient (Wildman–Crippen LogP) is 5.18. The van der Waals surface area contributed by atoms with Crippen LogP contribution in [-0.4, -0.2) is 57.7 Å². The van der Waals surface area contributed by atoms with Crippen LogP contribution >= 0.6 is 0 Å². The number of carbonyl (C=O) groups excluding carboxylic acids is 2. The Morgan fingerprint density at radius 3 is 2.18 bits per heavy atom. The van der Waals surface area contributed by atoms with Crippen LogP contribution in [0.15, 0.2) is 54.6 Å². The maximum atomic E-state index is 12.9. The summed E-state index contributed by atoms with van der Waals surface area (Å²) in [6.45, 7) is 12.6. The number of rotatable bonds is 6. The molecule has 0 spiro atoms. The number of urea groups is 1. The van der Waals surface area contributed by atoms with Gasteiger partial charge in [-0.25, -0.2) is 9.48 Å². The van der Waals surface area contributed by atoms with Crippen LogP contribution in [-0.2, 0) is 16.8 Å². The summed E-state index contributed by atoms with van der Waals surface area (Å²) in [7, 11) is 0. The fourth-order valence-corrected chi connectivity index (χ4v) is 4.66. The molecule has 38 heavy (non-hydrogen) atoms. The van der Waals surface area contributed by atoms with Gasteiger partial charge in [0, 0.05) is 55.8 Å². The average Bonchev–Trinajstić information content (AvgIpc) is 3.65. The summed E-state index contributed by atoms with van der Waals surface area (Å²) in [4.78, 5) is 29.6. The van der Waals surface area contributed by atoms with Crippen molar-refractivity contribution in [2.75, 3.05) is 36.8 Å². The van der Waals surface area contributed by atoms with Gasteiger partial charge in [-0.15, -0.1) is 0 Å². The van der Waals surface area contributed by atoms with Crippen molar-refractivity contribution in [3.8, 4) is 5.69 Å². The fourth-order valence-electron chi connectivity index (χ4n) is 4.66. The second-order valence-electron chi connectivity index (χ2n) is 11.6. The summed E-state index contributed by atoms with van der Waals surface area (Å²) in [6, 6.07) is 17.6. The minimum atomic E-state index is -0.317. The van der Waals surface area contributed by atoms with E-state index in [2.05, 4.69) is 36.3 Å². The van der Waals surface area contributed by atoms with E-state index in [1.54, 1.807) is 4.68 Å². The van der Waals surface area contributed by atoms with E-state index in [9.17, 15) is 9.59 Å². The highest BCUT2D eigenvalue weighted by Gasteiger charge is 2.34. The molecule has 0 atom stereocenters. The lowest BCUT2D eigenvalue weighted by Crippen LogP contribution is -2.48. The lowest BCUT2D eigenvalue weighted by molar-refractivity contribution is -0.134. The number of aromatic nitrogens is 2. The normalized spacial score (nSPS) is 16.4. The Hall–Kier alpha value is -3.65. The molecule has 2 aromatic carbocycles. The summed E-state index contributed by atoms with van der Waals surface area (Å²) in [5, 5.41) is 10.7. The molecule has 2 heterocycles. The third-order valence-corrected chi connectivity index (χ3v) is 7.23. The van der Waals surface area contributed by atoms with E-state index in [1.807, 2.05) is 66.4 Å². The van der Waals surface area contributed by atoms with Crippen molar-refractivity contribution in [1.29, 1.82) is 0 Å². The molecular weight excluding hydrogens is 476 g/mol. The first kappa shape index (κ1) is 26.0. The van der Waals surface area contributed by atoms with Gasteiger partial charge in [-0.3, -0.25) is 15.0 Å². The fraction of sp³-hybridized carbons (Fsp3) is 0.433. The second-order valence-corrected chi connectivity index (χ2v) is 11.6. The summed E-state index contributed by atoms with van der Waals surface area (Å²) in [5.41, 5.74) is 4.71. The van der Waals surface area contributed by atoms with Crippen molar-refractivity contribution in [2.24, 2.45) is 5.92 Å². The van der Waals surface area contributed by atoms with Crippen molar-refractivity contribution in [2.45, 2.75) is 52.5 Å². The predicted molar refractivity (Wildman–Crippen MR) is 151 cm³/mol. The smallest absolute Gasteiger partial charge is 0.324 e. The lowest BCUT2D eigenvalue weighted by Gasteiger charge is -2.35. The Labute approximate surface area is 225 Å². The van der Waals surface area contributed by atoms with Crippen molar-refractivity contribution in [3.63, 3.8) is 0 Å². The summed E-state index contributed by atoms with van der Waals surface area (Å²) in [6.07, 6.45) is 2.12. The molecule has 1 aliphatic heterocycles. The molecular formula is C30H38N6O2. The Morgan fingerprint density at radius 2 is 1.58 bits per heavy atom. The molecule has 0 unspecified atom stereocenters. The number of hydrogen-bond donors (Lipinski definition) is 2. The van der Waals surface area contributed by atoms with Gasteiger partial charge in [0.05, 0.1) is 11.4 Å². The molecule has 200 valence electrons. The van der Waals surface area contributed by atoms with Gasteiger partial charge < -0.3 is 10.2 Å². The first-order valence-electron chi connectivity index (χ1n) is 13.5. The zero-order valence-electron chi connectivity index (χ0n) is 22.8. The molecule has 5 rings (SSSR count). The molecule has 2 aliphatic rings. The summed E-state index contributed by atoms with van der Waals surface area (Å²) >= 11 is 0. The molecule has 8 nitrogen and oxygen atoms in total. The molecule has 2 fully saturated rings. The molecule has 1 saturated heterocycles. The van der Waals surface area contributed by atoms with Gasteiger partial charge in [0.15, 0.2) is 0 Å². The van der Waals surface area contributed by atoms with E-state index in [-0.39, 0.29) is 11.4 Å². The van der Waals surface area contributed by atoms with E-state index < -0.39 is 0 Å². The van der Waals surface area contributed by atoms with Gasteiger partial charge >= 0.3 is 6.03 Å². The van der Waals surface area contributed by atoms with E-state index >= 15 is 0 Å². The molecule has 3 amide bonds. The molecule has 2 N–H and O–H groups in total. The topological polar surface area (TPSA) is 82.5 Å². The summed E-state index contributed by atoms with van der Waals surface area (Å²) < 4.78 is 1.78. The van der Waals surface area contributed by atoms with Crippen LogP contribution < -0.4 is 10.6 Å². The number of nitrogens with one attached hydrogen (secondary N) is 2. The van der Waals surface area contributed by atoms with E-state index in [0.29, 0.717) is 17.6 Å². The quantitative estimate of drug-likeness (QED) is 0.475. The number of nitrogens with zero attached hydrogens (tertiary/aromatic N) is 4. The maximum Gasteiger partial charge on any atom is 0.324 e. The first-order chi connectivity index (χ1) is 18.2. The Morgan fingerprint density at radius 1 is 0.921 bits per heavy atom. The number of carbonyl (C=O) groups is 2. The SMILES string of the molecule is Cc1ccc(-n2nc(C(C)(C)C)cc2NC(=O)Nc2ccc(CN3CCN(C(=O)C4CC4)CC3)cc2)cc1. The van der Waals surface area contributed by atoms with Gasteiger partial charge in [0.1, 0.15) is 5.82 Å². The Bertz CT molecular complexity index is 1280. The summed E-state index contributed by atoms with van der Waals surface area (Å²) in [5.74, 6) is 1.25. The second kappa shape index (κ2) is 10.6. The maximum absolute atomic E-state index is 12.9. The molecule has 1 saturated carbocycles. The van der Waals surface area contributed by atoms with Crippen LogP contribution in [0, 0.1) is 12.8 Å². The van der Waals surface area contributed by atoms with E-state index in [1.165, 1.54) is 11.1 Å². The van der Waals surface area contributed by atoms with Crippen molar-refractivity contribution < 1.29 is 9.59 Å². The van der Waals surface area contributed by atoms with Crippen LogP contribution in [0.5, 0.6) is 0 Å². The monoisotopic (exact) mass is 514 g/mol. The van der Waals surface area contributed by atoms with Crippen LogP contribution in [0.1, 0.15) is 50.4 Å². The number of aryl methyl sites for hydroxylation is 1. The minimum Gasteiger partial charge on any atom is -0.340 e. The van der Waals surface area contributed by atoms with E-state index in [4.69, 9.17) is 5.10 Å². The molecule has 1 aliphatic carbocycles. The zero-order chi connectivity index (χ0) is 26.9. The number of amides is 3. The molecule has 8 heteroatoms. The average molecular weight is 515 g/mol. The Balaban J connectivity index is 1.18. The van der Waals surface area contributed by atoms with Crippen LogP contribution in [0.25, 0.3) is 5.69 Å². The number of hydrogen-bond acceptors (Lipinski definition) is 4. The van der Waals surface area contributed by atoms with Gasteiger partial charge in [-0.1, -0.05) is 50.6 Å². The van der Waals surface area contributed by atoms with Gasteiger partial charge in [-0.05, 0) is 49.6 Å². The molecule has 0 bridgehead atoms. The highest BCUT2D eigenvalue weighted by atomic mass is 16.2. The third-order valence-electron chi connectivity index (χ3n) is 7.23. The molecule has 0 radical (unpaired) electrons. The zero-order valence-corrected chi connectivity index (χ0v) is 22.8. The number of benzene rings is 2. The molecule has 3 aromatic rings. The first-order valence-corrected chi connectivity index (χ1v) is 13.5. The van der Waals surface area contributed by atoms with E-state index in [0.717, 1.165) is 62.6 Å². The van der Waals surface area contributed by atoms with Crippen molar-refractivity contribution >= 4 is 23.4 Å².